The average Bonchev–Trinajstić information content (AvgIpc) is 2.84. The molecule has 0 radical (unpaired) electrons. The van der Waals surface area contributed by atoms with E-state index in [2.05, 4.69) is 22.8 Å². The maximum atomic E-state index is 5.87. The van der Waals surface area contributed by atoms with Crippen molar-refractivity contribution in [3.05, 3.63) is 39.4 Å². The van der Waals surface area contributed by atoms with Gasteiger partial charge in [0, 0.05) is 12.1 Å². The largest absolute Gasteiger partial charge is 0.360 e. The zero-order chi connectivity index (χ0) is 10.7. The van der Waals surface area contributed by atoms with E-state index < -0.39 is 0 Å². The molecule has 80 valence electrons. The van der Waals surface area contributed by atoms with Gasteiger partial charge in [0.2, 0.25) is 0 Å². The fourth-order valence-electron chi connectivity index (χ4n) is 1.26. The summed E-state index contributed by atoms with van der Waals surface area (Å²) in [5.74, 6) is 0.836. The molecule has 1 unspecified atom stereocenters. The maximum absolute atomic E-state index is 5.87. The molecule has 2 heterocycles. The number of hydrogen-bond acceptors (Lipinski definition) is 4. The Morgan fingerprint density at radius 3 is 3.13 bits per heavy atom. The predicted octanol–water partition coefficient (Wildman–Crippen LogP) is 3.24. The van der Waals surface area contributed by atoms with Crippen molar-refractivity contribution in [2.75, 3.05) is 0 Å². The Morgan fingerprint density at radius 1 is 1.67 bits per heavy atom. The van der Waals surface area contributed by atoms with Crippen LogP contribution in [0.2, 0.25) is 4.34 Å². The Labute approximate surface area is 97.0 Å². The Balaban J connectivity index is 1.90. The summed E-state index contributed by atoms with van der Waals surface area (Å²) in [5.41, 5.74) is 1.20. The van der Waals surface area contributed by atoms with Crippen LogP contribution in [-0.2, 0) is 6.54 Å². The van der Waals surface area contributed by atoms with Crippen LogP contribution >= 0.6 is 22.9 Å². The molecule has 0 aliphatic rings. The summed E-state index contributed by atoms with van der Waals surface area (Å²) < 4.78 is 5.81. The Morgan fingerprint density at radius 2 is 2.53 bits per heavy atom. The molecule has 0 amide bonds. The first-order valence-corrected chi connectivity index (χ1v) is 5.88. The molecule has 0 aliphatic carbocycles. The molecule has 1 atom stereocenters. The number of halogens is 1. The van der Waals surface area contributed by atoms with E-state index in [9.17, 15) is 0 Å². The van der Waals surface area contributed by atoms with Gasteiger partial charge in [-0.1, -0.05) is 16.8 Å². The lowest BCUT2D eigenvalue weighted by Gasteiger charge is -2.10. The number of thiophene rings is 1. The van der Waals surface area contributed by atoms with Crippen LogP contribution in [0, 0.1) is 0 Å². The van der Waals surface area contributed by atoms with E-state index in [-0.39, 0.29) is 6.04 Å². The van der Waals surface area contributed by atoms with Crippen LogP contribution < -0.4 is 5.32 Å². The molecular formula is C10H11ClN2OS. The minimum absolute atomic E-state index is 0.263. The summed E-state index contributed by atoms with van der Waals surface area (Å²) in [4.78, 5) is 0. The molecule has 0 saturated heterocycles. The van der Waals surface area contributed by atoms with Gasteiger partial charge in [-0.3, -0.25) is 0 Å². The second-order valence-corrected chi connectivity index (χ2v) is 4.81. The van der Waals surface area contributed by atoms with E-state index in [0.29, 0.717) is 6.54 Å². The van der Waals surface area contributed by atoms with Gasteiger partial charge in [0.1, 0.15) is 5.76 Å². The molecule has 2 aromatic heterocycles. The quantitative estimate of drug-likeness (QED) is 0.895. The van der Waals surface area contributed by atoms with E-state index >= 15 is 0 Å². The highest BCUT2D eigenvalue weighted by atomic mass is 35.5. The SMILES string of the molecule is CC(NCc1ccno1)c1csc(Cl)c1. The van der Waals surface area contributed by atoms with Crippen LogP contribution in [0.15, 0.2) is 28.2 Å². The lowest BCUT2D eigenvalue weighted by Crippen LogP contribution is -2.17. The maximum Gasteiger partial charge on any atom is 0.150 e. The minimum Gasteiger partial charge on any atom is -0.360 e. The number of nitrogens with zero attached hydrogens (tertiary/aromatic N) is 1. The first-order chi connectivity index (χ1) is 7.25. The number of hydrogen-bond donors (Lipinski definition) is 1. The molecule has 0 aliphatic heterocycles. The van der Waals surface area contributed by atoms with Crippen molar-refractivity contribution >= 4 is 22.9 Å². The second kappa shape index (κ2) is 4.79. The molecule has 15 heavy (non-hydrogen) atoms. The molecule has 1 N–H and O–H groups in total. The normalized spacial score (nSPS) is 12.9. The zero-order valence-corrected chi connectivity index (χ0v) is 9.81. The van der Waals surface area contributed by atoms with E-state index in [1.165, 1.54) is 5.56 Å². The van der Waals surface area contributed by atoms with Crippen LogP contribution in [0.4, 0.5) is 0 Å². The molecule has 0 spiro atoms. The van der Waals surface area contributed by atoms with Crippen molar-refractivity contribution in [2.45, 2.75) is 19.5 Å². The third-order valence-corrected chi connectivity index (χ3v) is 3.27. The zero-order valence-electron chi connectivity index (χ0n) is 8.24. The lowest BCUT2D eigenvalue weighted by molar-refractivity contribution is 0.366. The van der Waals surface area contributed by atoms with E-state index in [4.69, 9.17) is 16.1 Å². The molecule has 3 nitrogen and oxygen atoms in total. The summed E-state index contributed by atoms with van der Waals surface area (Å²) >= 11 is 7.41. The third-order valence-electron chi connectivity index (χ3n) is 2.16. The lowest BCUT2D eigenvalue weighted by atomic mass is 10.2. The predicted molar refractivity (Wildman–Crippen MR) is 61.1 cm³/mol. The molecule has 0 aromatic carbocycles. The van der Waals surface area contributed by atoms with Crippen molar-refractivity contribution < 1.29 is 4.52 Å². The van der Waals surface area contributed by atoms with Crippen LogP contribution in [0.1, 0.15) is 24.3 Å². The van der Waals surface area contributed by atoms with E-state index in [1.807, 2.05) is 12.1 Å². The van der Waals surface area contributed by atoms with Crippen LogP contribution in [0.3, 0.4) is 0 Å². The van der Waals surface area contributed by atoms with E-state index in [0.717, 1.165) is 10.1 Å². The Bertz CT molecular complexity index is 413. The average molecular weight is 243 g/mol. The monoisotopic (exact) mass is 242 g/mol. The van der Waals surface area contributed by atoms with Crippen molar-refractivity contribution in [1.29, 1.82) is 0 Å². The Kier molecular flexibility index (Phi) is 3.41. The number of nitrogens with one attached hydrogen (secondary N) is 1. The van der Waals surface area contributed by atoms with E-state index in [1.54, 1.807) is 17.5 Å². The van der Waals surface area contributed by atoms with Gasteiger partial charge in [-0.15, -0.1) is 11.3 Å². The van der Waals surface area contributed by atoms with Gasteiger partial charge < -0.3 is 9.84 Å². The van der Waals surface area contributed by atoms with Gasteiger partial charge >= 0.3 is 0 Å². The summed E-state index contributed by atoms with van der Waals surface area (Å²) in [6.45, 7) is 2.77. The molecule has 0 saturated carbocycles. The molecular weight excluding hydrogens is 232 g/mol. The highest BCUT2D eigenvalue weighted by Crippen LogP contribution is 2.24. The summed E-state index contributed by atoms with van der Waals surface area (Å²) in [6, 6.07) is 4.09. The molecule has 2 aromatic rings. The summed E-state index contributed by atoms with van der Waals surface area (Å²) in [7, 11) is 0. The minimum atomic E-state index is 0.263. The standard InChI is InChI=1S/C10H11ClN2OS/c1-7(8-4-10(11)15-6-8)12-5-9-2-3-13-14-9/h2-4,6-7,12H,5H2,1H3. The summed E-state index contributed by atoms with van der Waals surface area (Å²) in [5, 5.41) is 9.03. The number of rotatable bonds is 4. The molecule has 2 rings (SSSR count). The summed E-state index contributed by atoms with van der Waals surface area (Å²) in [6.07, 6.45) is 1.64. The van der Waals surface area contributed by atoms with Gasteiger partial charge in [-0.2, -0.15) is 0 Å². The highest BCUT2D eigenvalue weighted by molar-refractivity contribution is 7.14. The van der Waals surface area contributed by atoms with Crippen LogP contribution in [0.25, 0.3) is 0 Å². The van der Waals surface area contributed by atoms with Crippen LogP contribution in [-0.4, -0.2) is 5.16 Å². The van der Waals surface area contributed by atoms with Gasteiger partial charge in [0.05, 0.1) is 17.1 Å². The topological polar surface area (TPSA) is 38.1 Å². The second-order valence-electron chi connectivity index (χ2n) is 3.27. The highest BCUT2D eigenvalue weighted by Gasteiger charge is 2.07. The molecule has 0 fully saturated rings. The fourth-order valence-corrected chi connectivity index (χ4v) is 2.24. The van der Waals surface area contributed by atoms with Gasteiger partial charge in [0.15, 0.2) is 0 Å². The number of aromatic nitrogens is 1. The van der Waals surface area contributed by atoms with Crippen molar-refractivity contribution in [1.82, 2.24) is 10.5 Å². The first kappa shape index (κ1) is 10.7. The first-order valence-electron chi connectivity index (χ1n) is 4.62. The molecule has 5 heteroatoms. The Hall–Kier alpha value is -0.840. The smallest absolute Gasteiger partial charge is 0.150 e. The third kappa shape index (κ3) is 2.81. The van der Waals surface area contributed by atoms with Crippen molar-refractivity contribution in [2.24, 2.45) is 0 Å². The van der Waals surface area contributed by atoms with Crippen molar-refractivity contribution in [3.63, 3.8) is 0 Å². The van der Waals surface area contributed by atoms with Crippen molar-refractivity contribution in [3.8, 4) is 0 Å². The van der Waals surface area contributed by atoms with Gasteiger partial charge in [-0.05, 0) is 23.9 Å². The van der Waals surface area contributed by atoms with Gasteiger partial charge in [0.25, 0.3) is 0 Å². The molecule has 0 bridgehead atoms. The van der Waals surface area contributed by atoms with Crippen LogP contribution in [0.5, 0.6) is 0 Å². The fraction of sp³-hybridized carbons (Fsp3) is 0.300. The van der Waals surface area contributed by atoms with Gasteiger partial charge in [-0.25, -0.2) is 0 Å².